The molecule has 0 aliphatic heterocycles. The average Bonchev–Trinajstić information content (AvgIpc) is 3.55. The Labute approximate surface area is 302 Å². The van der Waals surface area contributed by atoms with E-state index in [1.165, 1.54) is 87.6 Å². The van der Waals surface area contributed by atoms with E-state index in [-0.39, 0.29) is 0 Å². The molecular weight excluding hydrogens is 629 g/mol. The molecule has 9 aromatic carbocycles. The Morgan fingerprint density at radius 1 is 0.423 bits per heavy atom. The molecule has 1 heteroatoms. The first kappa shape index (κ1) is 29.3. The Balaban J connectivity index is 1.22. The second-order valence-electron chi connectivity index (χ2n) is 14.6. The van der Waals surface area contributed by atoms with Crippen LogP contribution in [0.5, 0.6) is 0 Å². The Hall–Kier alpha value is -6.44. The van der Waals surface area contributed by atoms with Crippen molar-refractivity contribution in [2.45, 2.75) is 13.3 Å². The summed E-state index contributed by atoms with van der Waals surface area (Å²) < 4.78 is 6.46. The molecule has 10 aromatic rings. The Morgan fingerprint density at radius 2 is 0.962 bits per heavy atom. The summed E-state index contributed by atoms with van der Waals surface area (Å²) in [7, 11) is 0. The molecule has 1 atom stereocenters. The zero-order valence-electron chi connectivity index (χ0n) is 28.9. The van der Waals surface area contributed by atoms with Gasteiger partial charge in [0, 0.05) is 10.8 Å². The van der Waals surface area contributed by atoms with Gasteiger partial charge in [0.1, 0.15) is 11.2 Å². The van der Waals surface area contributed by atoms with Crippen molar-refractivity contribution in [2.75, 3.05) is 0 Å². The van der Waals surface area contributed by atoms with Gasteiger partial charge < -0.3 is 4.42 Å². The Kier molecular flexibility index (Phi) is 6.36. The van der Waals surface area contributed by atoms with Crippen LogP contribution in [0.15, 0.2) is 168 Å². The molecule has 0 radical (unpaired) electrons. The molecule has 11 rings (SSSR count). The van der Waals surface area contributed by atoms with Gasteiger partial charge in [0.25, 0.3) is 0 Å². The SMILES string of the molecule is CC1C=Cc2c(c(-c3ccc4ccccc4c3)c3cc(-c4ccc5ccccc5c4)ccc3c2-c2ccc3oc4cc5ccccc5cc4c3c2)C1. The highest BCUT2D eigenvalue weighted by atomic mass is 16.3. The van der Waals surface area contributed by atoms with E-state index in [1.54, 1.807) is 0 Å². The van der Waals surface area contributed by atoms with Crippen LogP contribution < -0.4 is 0 Å². The summed E-state index contributed by atoms with van der Waals surface area (Å²) in [5.74, 6) is 0.439. The molecule has 0 saturated carbocycles. The molecule has 0 bridgehead atoms. The number of fused-ring (bicyclic) bond motifs is 8. The maximum atomic E-state index is 6.46. The smallest absolute Gasteiger partial charge is 0.136 e. The number of hydrogen-bond donors (Lipinski definition) is 0. The van der Waals surface area contributed by atoms with Gasteiger partial charge in [-0.25, -0.2) is 0 Å². The molecule has 1 aliphatic rings. The third kappa shape index (κ3) is 4.56. The minimum Gasteiger partial charge on any atom is -0.456 e. The zero-order valence-corrected chi connectivity index (χ0v) is 28.9. The van der Waals surface area contributed by atoms with Crippen LogP contribution >= 0.6 is 0 Å². The molecule has 0 spiro atoms. The lowest BCUT2D eigenvalue weighted by Crippen LogP contribution is -2.08. The third-order valence-electron chi connectivity index (χ3n) is 11.3. The number of benzene rings is 9. The average molecular weight is 663 g/mol. The van der Waals surface area contributed by atoms with Crippen molar-refractivity contribution in [1.82, 2.24) is 0 Å². The number of hydrogen-bond acceptors (Lipinski definition) is 1. The minimum absolute atomic E-state index is 0.439. The van der Waals surface area contributed by atoms with Gasteiger partial charge in [-0.15, -0.1) is 0 Å². The molecule has 1 unspecified atom stereocenters. The van der Waals surface area contributed by atoms with Crippen LogP contribution in [-0.4, -0.2) is 0 Å². The quantitative estimate of drug-likeness (QED) is 0.183. The van der Waals surface area contributed by atoms with Gasteiger partial charge in [0.2, 0.25) is 0 Å². The van der Waals surface area contributed by atoms with Crippen molar-refractivity contribution in [3.05, 3.63) is 175 Å². The number of rotatable bonds is 3. The van der Waals surface area contributed by atoms with Gasteiger partial charge in [0.15, 0.2) is 0 Å². The maximum Gasteiger partial charge on any atom is 0.136 e. The largest absolute Gasteiger partial charge is 0.456 e. The lowest BCUT2D eigenvalue weighted by atomic mass is 9.77. The molecular formula is C51H34O. The van der Waals surface area contributed by atoms with Crippen LogP contribution in [0.2, 0.25) is 0 Å². The summed E-state index contributed by atoms with van der Waals surface area (Å²) in [6.45, 7) is 2.34. The third-order valence-corrected chi connectivity index (χ3v) is 11.3. The summed E-state index contributed by atoms with van der Waals surface area (Å²) >= 11 is 0. The standard InChI is InChI=1S/C51H34O/c1-31-14-21-42-46(24-31)51(40-18-16-33-9-3-5-11-35(33)26-40)47-28-39(38-17-15-32-8-2-4-10-34(32)25-38)19-22-43(47)50(42)41-20-23-48-44(29-41)45-27-36-12-6-7-13-37(36)30-49(45)52-48/h2-23,25-31H,24H2,1H3. The monoisotopic (exact) mass is 662 g/mol. The summed E-state index contributed by atoms with van der Waals surface area (Å²) in [6.07, 6.45) is 5.77. The van der Waals surface area contributed by atoms with Crippen LogP contribution in [0.3, 0.4) is 0 Å². The summed E-state index contributed by atoms with van der Waals surface area (Å²) in [4.78, 5) is 0. The molecule has 0 fully saturated rings. The van der Waals surface area contributed by atoms with E-state index in [1.807, 2.05) is 0 Å². The van der Waals surface area contributed by atoms with E-state index in [9.17, 15) is 0 Å². The molecule has 244 valence electrons. The van der Waals surface area contributed by atoms with Crippen LogP contribution in [0.4, 0.5) is 0 Å². The lowest BCUT2D eigenvalue weighted by molar-refractivity contribution is 0.669. The molecule has 0 amide bonds. The number of allylic oxidation sites excluding steroid dienone is 1. The zero-order chi connectivity index (χ0) is 34.3. The van der Waals surface area contributed by atoms with Gasteiger partial charge in [-0.05, 0) is 142 Å². The van der Waals surface area contributed by atoms with Gasteiger partial charge in [-0.2, -0.15) is 0 Å². The molecule has 0 saturated heterocycles. The highest BCUT2D eigenvalue weighted by Crippen LogP contribution is 2.48. The first-order valence-electron chi connectivity index (χ1n) is 18.3. The normalized spacial score (nSPS) is 14.3. The lowest BCUT2D eigenvalue weighted by Gasteiger charge is -2.26. The van der Waals surface area contributed by atoms with E-state index in [4.69, 9.17) is 4.42 Å². The first-order valence-corrected chi connectivity index (χ1v) is 18.3. The fourth-order valence-electron chi connectivity index (χ4n) is 8.76. The van der Waals surface area contributed by atoms with Crippen LogP contribution in [-0.2, 0) is 6.42 Å². The maximum absolute atomic E-state index is 6.46. The van der Waals surface area contributed by atoms with Crippen molar-refractivity contribution in [3.63, 3.8) is 0 Å². The van der Waals surface area contributed by atoms with E-state index < -0.39 is 0 Å². The Morgan fingerprint density at radius 3 is 1.71 bits per heavy atom. The highest BCUT2D eigenvalue weighted by molar-refractivity contribution is 6.15. The van der Waals surface area contributed by atoms with Crippen LogP contribution in [0.1, 0.15) is 18.1 Å². The predicted molar refractivity (Wildman–Crippen MR) is 222 cm³/mol. The second-order valence-corrected chi connectivity index (χ2v) is 14.6. The van der Waals surface area contributed by atoms with Gasteiger partial charge in [-0.1, -0.05) is 134 Å². The summed E-state index contributed by atoms with van der Waals surface area (Å²) in [5, 5.41) is 12.3. The van der Waals surface area contributed by atoms with E-state index in [0.29, 0.717) is 5.92 Å². The molecule has 1 aliphatic carbocycles. The highest BCUT2D eigenvalue weighted by Gasteiger charge is 2.25. The molecule has 0 N–H and O–H groups in total. The van der Waals surface area contributed by atoms with Crippen LogP contribution in [0, 0.1) is 5.92 Å². The minimum atomic E-state index is 0.439. The fraction of sp³-hybridized carbons (Fsp3) is 0.0588. The van der Waals surface area contributed by atoms with Crippen molar-refractivity contribution < 1.29 is 4.42 Å². The van der Waals surface area contributed by atoms with Crippen molar-refractivity contribution >= 4 is 71.1 Å². The number of furan rings is 1. The van der Waals surface area contributed by atoms with Crippen molar-refractivity contribution in [1.29, 1.82) is 0 Å². The van der Waals surface area contributed by atoms with Crippen LogP contribution in [0.25, 0.3) is 104 Å². The van der Waals surface area contributed by atoms with E-state index >= 15 is 0 Å². The van der Waals surface area contributed by atoms with Crippen molar-refractivity contribution in [3.8, 4) is 33.4 Å². The summed E-state index contributed by atoms with van der Waals surface area (Å²) in [6, 6.07) is 58.1. The van der Waals surface area contributed by atoms with E-state index in [2.05, 4.69) is 177 Å². The Bertz CT molecular complexity index is 3120. The first-order chi connectivity index (χ1) is 25.6. The molecule has 1 heterocycles. The van der Waals surface area contributed by atoms with Gasteiger partial charge >= 0.3 is 0 Å². The molecule has 1 nitrogen and oxygen atoms in total. The second kappa shape index (κ2) is 11.3. The van der Waals surface area contributed by atoms with E-state index in [0.717, 1.165) is 28.4 Å². The molecule has 52 heavy (non-hydrogen) atoms. The fourth-order valence-corrected chi connectivity index (χ4v) is 8.76. The van der Waals surface area contributed by atoms with Gasteiger partial charge in [-0.3, -0.25) is 0 Å². The van der Waals surface area contributed by atoms with Gasteiger partial charge in [0.05, 0.1) is 0 Å². The summed E-state index contributed by atoms with van der Waals surface area (Å²) in [5.41, 5.74) is 12.2. The molecule has 1 aromatic heterocycles. The predicted octanol–water partition coefficient (Wildman–Crippen LogP) is 14.4. The van der Waals surface area contributed by atoms with Crippen molar-refractivity contribution in [2.24, 2.45) is 5.92 Å². The topological polar surface area (TPSA) is 13.1 Å².